The number of hydrogen-bond donors (Lipinski definition) is 1. The molecule has 3 aromatic rings. The Balaban J connectivity index is 1.55. The number of benzene rings is 2. The van der Waals surface area contributed by atoms with Crippen LogP contribution in [0, 0.1) is 0 Å². The molecule has 0 aliphatic rings. The molecule has 3 rings (SSSR count). The fraction of sp³-hybridized carbons (Fsp3) is 0.333. The van der Waals surface area contributed by atoms with Gasteiger partial charge in [0.1, 0.15) is 6.61 Å². The minimum atomic E-state index is -4.35. The summed E-state index contributed by atoms with van der Waals surface area (Å²) < 4.78 is 41.0. The number of carbonyl (C=O) groups excluding carboxylic acids is 1. The van der Waals surface area contributed by atoms with Crippen molar-refractivity contribution < 1.29 is 22.7 Å². The van der Waals surface area contributed by atoms with Crippen LogP contribution in [-0.4, -0.2) is 38.9 Å². The van der Waals surface area contributed by atoms with E-state index in [2.05, 4.69) is 25.5 Å². The normalized spacial score (nSPS) is 12.5. The van der Waals surface area contributed by atoms with Crippen molar-refractivity contribution in [2.24, 2.45) is 0 Å². The van der Waals surface area contributed by atoms with E-state index < -0.39 is 18.8 Å². The molecule has 1 unspecified atom stereocenters. The first-order valence-electron chi connectivity index (χ1n) is 9.80. The van der Waals surface area contributed by atoms with Gasteiger partial charge < -0.3 is 10.1 Å². The summed E-state index contributed by atoms with van der Waals surface area (Å²) in [7, 11) is 0. The highest BCUT2D eigenvalue weighted by Crippen LogP contribution is 2.19. The lowest BCUT2D eigenvalue weighted by Gasteiger charge is -2.14. The van der Waals surface area contributed by atoms with Gasteiger partial charge in [0.25, 0.3) is 0 Å². The Bertz CT molecular complexity index is 1020. The topological polar surface area (TPSA) is 81.9 Å². The molecule has 1 heterocycles. The fourth-order valence-electron chi connectivity index (χ4n) is 2.87. The summed E-state index contributed by atoms with van der Waals surface area (Å²) in [6, 6.07) is 13.1. The molecule has 1 amide bonds. The highest BCUT2D eigenvalue weighted by atomic mass is 35.5. The average Bonchev–Trinajstić information content (AvgIpc) is 3.23. The lowest BCUT2D eigenvalue weighted by atomic mass is 10.1. The van der Waals surface area contributed by atoms with Crippen LogP contribution in [0.5, 0.6) is 0 Å². The second-order valence-electron chi connectivity index (χ2n) is 7.01. The van der Waals surface area contributed by atoms with Crippen molar-refractivity contribution in [3.8, 4) is 11.4 Å². The van der Waals surface area contributed by atoms with Gasteiger partial charge in [-0.2, -0.15) is 18.0 Å². The predicted octanol–water partition coefficient (Wildman–Crippen LogP) is 4.34. The zero-order chi connectivity index (χ0) is 23.1. The second kappa shape index (κ2) is 10.6. The van der Waals surface area contributed by atoms with Gasteiger partial charge in [0.15, 0.2) is 6.04 Å². The van der Waals surface area contributed by atoms with E-state index in [4.69, 9.17) is 11.6 Å². The van der Waals surface area contributed by atoms with Crippen molar-refractivity contribution >= 4 is 17.5 Å². The molecule has 32 heavy (non-hydrogen) atoms. The van der Waals surface area contributed by atoms with Crippen LogP contribution in [0.4, 0.5) is 13.2 Å². The Morgan fingerprint density at radius 2 is 1.78 bits per heavy atom. The molecule has 0 bridgehead atoms. The maximum absolute atomic E-state index is 12.7. The van der Waals surface area contributed by atoms with E-state index in [1.807, 2.05) is 6.92 Å². The molecule has 170 valence electrons. The molecule has 1 N–H and O–H groups in total. The maximum Gasteiger partial charge on any atom is 0.411 e. The SMILES string of the molecule is CCC(C(=O)NCc1ccc(COCC(F)(F)F)cc1)n1nnc(-c2ccc(Cl)cc2)n1. The Hall–Kier alpha value is -2.98. The van der Waals surface area contributed by atoms with Crippen molar-refractivity contribution in [2.45, 2.75) is 38.7 Å². The van der Waals surface area contributed by atoms with Crippen molar-refractivity contribution in [1.29, 1.82) is 0 Å². The third-order valence-electron chi connectivity index (χ3n) is 4.52. The first-order chi connectivity index (χ1) is 15.2. The standard InChI is InChI=1S/C21H21ClF3N5O2/c1-2-18(30-28-19(27-29-30)16-7-9-17(22)10-8-16)20(31)26-11-14-3-5-15(6-4-14)12-32-13-21(23,24)25/h3-10,18H,2,11-13H2,1H3,(H,26,31). The summed E-state index contributed by atoms with van der Waals surface area (Å²) in [5.74, 6) is 0.112. The van der Waals surface area contributed by atoms with E-state index >= 15 is 0 Å². The van der Waals surface area contributed by atoms with Gasteiger partial charge in [-0.05, 0) is 47.0 Å². The number of alkyl halides is 3. The molecule has 0 radical (unpaired) electrons. The zero-order valence-electron chi connectivity index (χ0n) is 17.1. The summed E-state index contributed by atoms with van der Waals surface area (Å²) >= 11 is 5.89. The maximum atomic E-state index is 12.7. The van der Waals surface area contributed by atoms with Crippen molar-refractivity contribution in [3.63, 3.8) is 0 Å². The molecule has 0 saturated heterocycles. The fourth-order valence-corrected chi connectivity index (χ4v) is 3.00. The number of ether oxygens (including phenoxy) is 1. The van der Waals surface area contributed by atoms with E-state index in [0.717, 1.165) is 11.1 Å². The Labute approximate surface area is 187 Å². The molecule has 1 atom stereocenters. The summed E-state index contributed by atoms with van der Waals surface area (Å²) in [5, 5.41) is 15.7. The van der Waals surface area contributed by atoms with E-state index in [-0.39, 0.29) is 19.1 Å². The smallest absolute Gasteiger partial charge is 0.367 e. The van der Waals surface area contributed by atoms with Crippen LogP contribution >= 0.6 is 11.6 Å². The lowest BCUT2D eigenvalue weighted by Crippen LogP contribution is -2.33. The quantitative estimate of drug-likeness (QED) is 0.506. The number of rotatable bonds is 9. The van der Waals surface area contributed by atoms with Gasteiger partial charge in [0, 0.05) is 17.1 Å². The van der Waals surface area contributed by atoms with Crippen LogP contribution in [-0.2, 0) is 22.7 Å². The number of aromatic nitrogens is 4. The summed E-state index contributed by atoms with van der Waals surface area (Å²) in [4.78, 5) is 13.9. The molecule has 0 fully saturated rings. The van der Waals surface area contributed by atoms with Crippen molar-refractivity contribution in [3.05, 3.63) is 64.7 Å². The highest BCUT2D eigenvalue weighted by molar-refractivity contribution is 6.30. The molecular weight excluding hydrogens is 447 g/mol. The van der Waals surface area contributed by atoms with Crippen LogP contribution < -0.4 is 5.32 Å². The van der Waals surface area contributed by atoms with Crippen LogP contribution in [0.3, 0.4) is 0 Å². The van der Waals surface area contributed by atoms with Crippen LogP contribution in [0.25, 0.3) is 11.4 Å². The number of amides is 1. The summed E-state index contributed by atoms with van der Waals surface area (Å²) in [6.07, 6.45) is -3.90. The molecule has 0 spiro atoms. The van der Waals surface area contributed by atoms with E-state index in [1.165, 1.54) is 4.80 Å². The summed E-state index contributed by atoms with van der Waals surface area (Å²) in [5.41, 5.74) is 2.13. The van der Waals surface area contributed by atoms with Gasteiger partial charge in [-0.25, -0.2) is 0 Å². The number of nitrogens with one attached hydrogen (secondary N) is 1. The third kappa shape index (κ3) is 6.76. The molecule has 1 aromatic heterocycles. The van der Waals surface area contributed by atoms with Gasteiger partial charge in [0.05, 0.1) is 6.61 Å². The van der Waals surface area contributed by atoms with Gasteiger partial charge in [-0.1, -0.05) is 42.8 Å². The minimum absolute atomic E-state index is 0.141. The van der Waals surface area contributed by atoms with Gasteiger partial charge >= 0.3 is 6.18 Å². The average molecular weight is 468 g/mol. The van der Waals surface area contributed by atoms with E-state index in [9.17, 15) is 18.0 Å². The molecule has 0 saturated carbocycles. The first kappa shape index (κ1) is 23.7. The number of hydrogen-bond acceptors (Lipinski definition) is 5. The van der Waals surface area contributed by atoms with Crippen molar-refractivity contribution in [1.82, 2.24) is 25.5 Å². The molecule has 7 nitrogen and oxygen atoms in total. The van der Waals surface area contributed by atoms with Gasteiger partial charge in [-0.3, -0.25) is 4.79 Å². The molecule has 0 aliphatic heterocycles. The number of carbonyl (C=O) groups is 1. The van der Waals surface area contributed by atoms with Crippen LogP contribution in [0.2, 0.25) is 5.02 Å². The monoisotopic (exact) mass is 467 g/mol. The minimum Gasteiger partial charge on any atom is -0.367 e. The van der Waals surface area contributed by atoms with Crippen LogP contribution in [0.1, 0.15) is 30.5 Å². The Kier molecular flexibility index (Phi) is 7.81. The number of halogens is 4. The summed E-state index contributed by atoms with van der Waals surface area (Å²) in [6.45, 7) is 0.653. The Morgan fingerprint density at radius 3 is 2.41 bits per heavy atom. The lowest BCUT2D eigenvalue weighted by molar-refractivity contribution is -0.176. The first-order valence-corrected chi connectivity index (χ1v) is 10.2. The molecular formula is C21H21ClF3N5O2. The van der Waals surface area contributed by atoms with Gasteiger partial charge in [0.2, 0.25) is 11.7 Å². The van der Waals surface area contributed by atoms with E-state index in [0.29, 0.717) is 22.8 Å². The number of nitrogens with zero attached hydrogens (tertiary/aromatic N) is 4. The molecule has 11 heteroatoms. The number of tetrazole rings is 1. The zero-order valence-corrected chi connectivity index (χ0v) is 17.9. The van der Waals surface area contributed by atoms with Crippen molar-refractivity contribution in [2.75, 3.05) is 6.61 Å². The van der Waals surface area contributed by atoms with E-state index in [1.54, 1.807) is 48.5 Å². The largest absolute Gasteiger partial charge is 0.411 e. The Morgan fingerprint density at radius 1 is 1.12 bits per heavy atom. The van der Waals surface area contributed by atoms with Gasteiger partial charge in [-0.15, -0.1) is 10.2 Å². The second-order valence-corrected chi connectivity index (χ2v) is 7.44. The predicted molar refractivity (Wildman–Crippen MR) is 112 cm³/mol. The van der Waals surface area contributed by atoms with Crippen LogP contribution in [0.15, 0.2) is 48.5 Å². The highest BCUT2D eigenvalue weighted by Gasteiger charge is 2.27. The third-order valence-corrected chi connectivity index (χ3v) is 4.77. The molecule has 0 aliphatic carbocycles. The molecule has 2 aromatic carbocycles.